The topological polar surface area (TPSA) is 52.9 Å². The fourth-order valence-corrected chi connectivity index (χ4v) is 3.19. The van der Waals surface area contributed by atoms with Crippen LogP contribution in [0.15, 0.2) is 48.0 Å². The molecule has 0 atom stereocenters. The quantitative estimate of drug-likeness (QED) is 0.682. The van der Waals surface area contributed by atoms with Gasteiger partial charge in [-0.1, -0.05) is 61.7 Å². The lowest BCUT2D eigenvalue weighted by molar-refractivity contribution is -0.117. The Morgan fingerprint density at radius 2 is 1.83 bits per heavy atom. The van der Waals surface area contributed by atoms with Crippen LogP contribution in [0.2, 0.25) is 0 Å². The largest absolute Gasteiger partial charge is 0.349 e. The highest BCUT2D eigenvalue weighted by molar-refractivity contribution is 6.04. The number of amides is 1. The fourth-order valence-electron chi connectivity index (χ4n) is 3.19. The van der Waals surface area contributed by atoms with Crippen LogP contribution in [0.3, 0.4) is 0 Å². The Morgan fingerprint density at radius 1 is 1.09 bits per heavy atom. The van der Waals surface area contributed by atoms with Crippen LogP contribution in [0, 0.1) is 11.3 Å². The van der Waals surface area contributed by atoms with E-state index in [-0.39, 0.29) is 17.5 Å². The molecule has 3 nitrogen and oxygen atoms in total. The number of nitrogens with zero attached hydrogens (tertiary/aromatic N) is 1. The zero-order chi connectivity index (χ0) is 16.1. The molecule has 0 unspecified atom stereocenters. The van der Waals surface area contributed by atoms with E-state index in [9.17, 15) is 10.1 Å². The number of carbonyl (C=O) groups is 1. The number of nitrogens with one attached hydrogen (secondary N) is 1. The molecule has 0 aliphatic heterocycles. The summed E-state index contributed by atoms with van der Waals surface area (Å²) in [5.74, 6) is -0.257. The molecule has 2 aromatic carbocycles. The molecule has 0 spiro atoms. The van der Waals surface area contributed by atoms with Crippen LogP contribution in [0.4, 0.5) is 0 Å². The van der Waals surface area contributed by atoms with Gasteiger partial charge in [-0.2, -0.15) is 5.26 Å². The molecule has 1 aliphatic carbocycles. The second kappa shape index (κ2) is 7.11. The minimum atomic E-state index is -0.257. The molecule has 0 aromatic heterocycles. The SMILES string of the molecule is N#CC(=Cc1cccc2ccccc12)C(=O)NC1CCCCC1. The number of hydrogen-bond acceptors (Lipinski definition) is 2. The Labute approximate surface area is 136 Å². The van der Waals surface area contributed by atoms with Crippen molar-refractivity contribution in [2.24, 2.45) is 0 Å². The van der Waals surface area contributed by atoms with E-state index in [1.807, 2.05) is 42.5 Å². The normalized spacial score (nSPS) is 16.0. The second-order valence-corrected chi connectivity index (χ2v) is 6.05. The molecule has 1 fully saturated rings. The third kappa shape index (κ3) is 3.60. The van der Waals surface area contributed by atoms with Gasteiger partial charge < -0.3 is 5.32 Å². The third-order valence-electron chi connectivity index (χ3n) is 4.43. The summed E-state index contributed by atoms with van der Waals surface area (Å²) in [5.41, 5.74) is 1.07. The van der Waals surface area contributed by atoms with Crippen molar-refractivity contribution in [1.29, 1.82) is 5.26 Å². The van der Waals surface area contributed by atoms with E-state index < -0.39 is 0 Å². The smallest absolute Gasteiger partial charge is 0.262 e. The maximum Gasteiger partial charge on any atom is 0.262 e. The summed E-state index contributed by atoms with van der Waals surface area (Å²) in [6.45, 7) is 0. The van der Waals surface area contributed by atoms with Crippen LogP contribution in [-0.2, 0) is 4.79 Å². The number of rotatable bonds is 3. The van der Waals surface area contributed by atoms with Crippen LogP contribution >= 0.6 is 0 Å². The van der Waals surface area contributed by atoms with E-state index in [1.54, 1.807) is 6.08 Å². The van der Waals surface area contributed by atoms with Gasteiger partial charge in [-0.05, 0) is 35.3 Å². The molecule has 3 rings (SSSR count). The van der Waals surface area contributed by atoms with Crippen molar-refractivity contribution in [3.8, 4) is 6.07 Å². The van der Waals surface area contributed by atoms with Crippen molar-refractivity contribution in [2.45, 2.75) is 38.1 Å². The molecule has 0 saturated heterocycles. The summed E-state index contributed by atoms with van der Waals surface area (Å²) >= 11 is 0. The monoisotopic (exact) mass is 304 g/mol. The molecule has 0 radical (unpaired) electrons. The maximum atomic E-state index is 12.4. The summed E-state index contributed by atoms with van der Waals surface area (Å²) in [6.07, 6.45) is 7.26. The van der Waals surface area contributed by atoms with Gasteiger partial charge in [0.15, 0.2) is 0 Å². The van der Waals surface area contributed by atoms with E-state index in [1.165, 1.54) is 6.42 Å². The van der Waals surface area contributed by atoms with Crippen LogP contribution in [0.25, 0.3) is 16.8 Å². The average molecular weight is 304 g/mol. The molecule has 1 amide bonds. The molecule has 23 heavy (non-hydrogen) atoms. The van der Waals surface area contributed by atoms with E-state index in [2.05, 4.69) is 11.4 Å². The van der Waals surface area contributed by atoms with Gasteiger partial charge in [0.05, 0.1) is 0 Å². The molecular weight excluding hydrogens is 284 g/mol. The van der Waals surface area contributed by atoms with Gasteiger partial charge in [-0.3, -0.25) is 4.79 Å². The van der Waals surface area contributed by atoms with Crippen molar-refractivity contribution in [1.82, 2.24) is 5.32 Å². The highest BCUT2D eigenvalue weighted by Gasteiger charge is 2.18. The van der Waals surface area contributed by atoms with Gasteiger partial charge in [-0.15, -0.1) is 0 Å². The first kappa shape index (κ1) is 15.3. The summed E-state index contributed by atoms with van der Waals surface area (Å²) in [5, 5.41) is 14.5. The van der Waals surface area contributed by atoms with Crippen molar-refractivity contribution in [3.63, 3.8) is 0 Å². The van der Waals surface area contributed by atoms with Crippen LogP contribution in [-0.4, -0.2) is 11.9 Å². The Balaban J connectivity index is 1.85. The van der Waals surface area contributed by atoms with Gasteiger partial charge >= 0.3 is 0 Å². The van der Waals surface area contributed by atoms with Gasteiger partial charge in [0.25, 0.3) is 5.91 Å². The highest BCUT2D eigenvalue weighted by Crippen LogP contribution is 2.21. The molecular formula is C20H20N2O. The Morgan fingerprint density at radius 3 is 2.61 bits per heavy atom. The highest BCUT2D eigenvalue weighted by atomic mass is 16.1. The van der Waals surface area contributed by atoms with E-state index >= 15 is 0 Å². The number of nitriles is 1. The third-order valence-corrected chi connectivity index (χ3v) is 4.43. The average Bonchev–Trinajstić information content (AvgIpc) is 2.60. The molecule has 2 aromatic rings. The maximum absolute atomic E-state index is 12.4. The predicted octanol–water partition coefficient (Wildman–Crippen LogP) is 4.20. The lowest BCUT2D eigenvalue weighted by Gasteiger charge is -2.22. The first-order valence-corrected chi connectivity index (χ1v) is 8.18. The molecule has 1 saturated carbocycles. The molecule has 0 heterocycles. The van der Waals surface area contributed by atoms with Gasteiger partial charge in [-0.25, -0.2) is 0 Å². The lowest BCUT2D eigenvalue weighted by Crippen LogP contribution is -2.36. The van der Waals surface area contributed by atoms with Crippen LogP contribution < -0.4 is 5.32 Å². The molecule has 116 valence electrons. The number of fused-ring (bicyclic) bond motifs is 1. The first-order chi connectivity index (χ1) is 11.3. The second-order valence-electron chi connectivity index (χ2n) is 6.05. The van der Waals surface area contributed by atoms with Gasteiger partial charge in [0.1, 0.15) is 11.6 Å². The van der Waals surface area contributed by atoms with Crippen molar-refractivity contribution in [2.75, 3.05) is 0 Å². The minimum absolute atomic E-state index is 0.173. The minimum Gasteiger partial charge on any atom is -0.349 e. The standard InChI is InChI=1S/C20H20N2O/c21-14-17(20(23)22-18-10-2-1-3-11-18)13-16-9-6-8-15-7-4-5-12-19(15)16/h4-9,12-13,18H,1-3,10-11H2,(H,22,23). The predicted molar refractivity (Wildman–Crippen MR) is 92.6 cm³/mol. The van der Waals surface area contributed by atoms with Crippen molar-refractivity contribution >= 4 is 22.8 Å². The number of benzene rings is 2. The van der Waals surface area contributed by atoms with E-state index in [0.717, 1.165) is 42.0 Å². The molecule has 3 heteroatoms. The number of carbonyl (C=O) groups excluding carboxylic acids is 1. The Bertz CT molecular complexity index is 774. The van der Waals surface area contributed by atoms with Gasteiger partial charge in [0, 0.05) is 6.04 Å². The zero-order valence-corrected chi connectivity index (χ0v) is 13.1. The molecule has 0 bridgehead atoms. The van der Waals surface area contributed by atoms with E-state index in [0.29, 0.717) is 0 Å². The lowest BCUT2D eigenvalue weighted by atomic mass is 9.95. The number of hydrogen-bond donors (Lipinski definition) is 1. The Hall–Kier alpha value is -2.60. The molecule has 1 N–H and O–H groups in total. The zero-order valence-electron chi connectivity index (χ0n) is 13.1. The van der Waals surface area contributed by atoms with Crippen LogP contribution in [0.5, 0.6) is 0 Å². The summed E-state index contributed by atoms with van der Waals surface area (Å²) in [6, 6.07) is 16.2. The summed E-state index contributed by atoms with van der Waals surface area (Å²) < 4.78 is 0. The summed E-state index contributed by atoms with van der Waals surface area (Å²) in [7, 11) is 0. The fraction of sp³-hybridized carbons (Fsp3) is 0.300. The van der Waals surface area contributed by atoms with Crippen molar-refractivity contribution < 1.29 is 4.79 Å². The van der Waals surface area contributed by atoms with Gasteiger partial charge in [0.2, 0.25) is 0 Å². The Kier molecular flexibility index (Phi) is 4.73. The first-order valence-electron chi connectivity index (χ1n) is 8.18. The van der Waals surface area contributed by atoms with E-state index in [4.69, 9.17) is 0 Å². The van der Waals surface area contributed by atoms with Crippen LogP contribution in [0.1, 0.15) is 37.7 Å². The summed E-state index contributed by atoms with van der Waals surface area (Å²) in [4.78, 5) is 12.4. The molecule has 1 aliphatic rings. The van der Waals surface area contributed by atoms with Crippen molar-refractivity contribution in [3.05, 3.63) is 53.6 Å².